The lowest BCUT2D eigenvalue weighted by Crippen LogP contribution is -2.07. The molecule has 2 nitrogen and oxygen atoms in total. The summed E-state index contributed by atoms with van der Waals surface area (Å²) in [5.41, 5.74) is 0. The van der Waals surface area contributed by atoms with Crippen LogP contribution >= 0.6 is 0 Å². The molecule has 0 rings (SSSR count). The highest BCUT2D eigenvalue weighted by atomic mass is 17.2. The largest absolute Gasteiger partial charge is 0.240 e. The van der Waals surface area contributed by atoms with Gasteiger partial charge in [0.05, 0.1) is 13.7 Å². The van der Waals surface area contributed by atoms with Gasteiger partial charge in [0.2, 0.25) is 0 Å². The summed E-state index contributed by atoms with van der Waals surface area (Å²) in [6.45, 7) is 7.37. The fourth-order valence-electron chi connectivity index (χ4n) is 0.651. The maximum Gasteiger partial charge on any atom is 0.0824 e. The van der Waals surface area contributed by atoms with Crippen LogP contribution in [0.15, 0.2) is 0 Å². The van der Waals surface area contributed by atoms with Gasteiger partial charge in [-0.25, -0.2) is 9.78 Å². The quantitative estimate of drug-likeness (QED) is 0.336. The summed E-state index contributed by atoms with van der Waals surface area (Å²) in [6.07, 6.45) is 1.07. The molecule has 0 saturated heterocycles. The Bertz CT molecular complexity index is 71.7. The molecule has 10 heavy (non-hydrogen) atoms. The molecule has 1 unspecified atom stereocenters. The zero-order valence-corrected chi connectivity index (χ0v) is 7.39. The first kappa shape index (κ1) is 9.92. The molecule has 0 saturated carbocycles. The predicted octanol–water partition coefficient (Wildman–Crippen LogP) is 2.25. The van der Waals surface area contributed by atoms with Crippen LogP contribution in [0.3, 0.4) is 0 Å². The minimum atomic E-state index is 0.704. The molecule has 2 heteroatoms. The van der Waals surface area contributed by atoms with Crippen molar-refractivity contribution in [2.24, 2.45) is 11.8 Å². The molecule has 0 aliphatic carbocycles. The predicted molar refractivity (Wildman–Crippen MR) is 41.6 cm³/mol. The van der Waals surface area contributed by atoms with Crippen LogP contribution < -0.4 is 0 Å². The van der Waals surface area contributed by atoms with Gasteiger partial charge in [-0.1, -0.05) is 20.8 Å². The van der Waals surface area contributed by atoms with Gasteiger partial charge in [0.1, 0.15) is 0 Å². The first-order chi connectivity index (χ1) is 4.68. The SMILES string of the molecule is COOCCC(C)C(C)C. The fourth-order valence-corrected chi connectivity index (χ4v) is 0.651. The number of hydrogen-bond donors (Lipinski definition) is 0. The highest BCUT2D eigenvalue weighted by Crippen LogP contribution is 2.13. The lowest BCUT2D eigenvalue weighted by atomic mass is 9.95. The minimum absolute atomic E-state index is 0.704. The second kappa shape index (κ2) is 5.69. The Morgan fingerprint density at radius 3 is 2.20 bits per heavy atom. The van der Waals surface area contributed by atoms with E-state index in [1.54, 1.807) is 7.11 Å². The summed E-state index contributed by atoms with van der Waals surface area (Å²) in [5.74, 6) is 1.45. The zero-order valence-electron chi connectivity index (χ0n) is 7.39. The van der Waals surface area contributed by atoms with Gasteiger partial charge in [0.15, 0.2) is 0 Å². The van der Waals surface area contributed by atoms with E-state index >= 15 is 0 Å². The molecule has 62 valence electrons. The van der Waals surface area contributed by atoms with Crippen molar-refractivity contribution in [3.63, 3.8) is 0 Å². The van der Waals surface area contributed by atoms with Crippen molar-refractivity contribution in [1.29, 1.82) is 0 Å². The molecule has 0 aromatic heterocycles. The summed E-state index contributed by atoms with van der Waals surface area (Å²) >= 11 is 0. The highest BCUT2D eigenvalue weighted by Gasteiger charge is 2.05. The Kier molecular flexibility index (Phi) is 5.64. The molecule has 0 aliphatic heterocycles. The van der Waals surface area contributed by atoms with E-state index in [0.29, 0.717) is 6.61 Å². The Morgan fingerprint density at radius 2 is 1.80 bits per heavy atom. The first-order valence-corrected chi connectivity index (χ1v) is 3.84. The van der Waals surface area contributed by atoms with Gasteiger partial charge < -0.3 is 0 Å². The molecule has 0 aliphatic rings. The molecule has 0 bridgehead atoms. The van der Waals surface area contributed by atoms with Crippen molar-refractivity contribution in [2.45, 2.75) is 27.2 Å². The number of hydrogen-bond acceptors (Lipinski definition) is 2. The Morgan fingerprint density at radius 1 is 1.20 bits per heavy atom. The Hall–Kier alpha value is -0.0800. The van der Waals surface area contributed by atoms with Crippen LogP contribution in [-0.4, -0.2) is 13.7 Å². The van der Waals surface area contributed by atoms with Crippen molar-refractivity contribution in [2.75, 3.05) is 13.7 Å². The van der Waals surface area contributed by atoms with Crippen molar-refractivity contribution in [3.8, 4) is 0 Å². The van der Waals surface area contributed by atoms with E-state index in [9.17, 15) is 0 Å². The number of rotatable bonds is 5. The van der Waals surface area contributed by atoms with Crippen LogP contribution in [0.1, 0.15) is 27.2 Å². The smallest absolute Gasteiger partial charge is 0.0824 e. The van der Waals surface area contributed by atoms with E-state index in [4.69, 9.17) is 4.89 Å². The summed E-state index contributed by atoms with van der Waals surface area (Å²) in [5, 5.41) is 0. The van der Waals surface area contributed by atoms with Gasteiger partial charge in [0, 0.05) is 0 Å². The van der Waals surface area contributed by atoms with Gasteiger partial charge in [0.25, 0.3) is 0 Å². The topological polar surface area (TPSA) is 18.5 Å². The molecule has 0 N–H and O–H groups in total. The highest BCUT2D eigenvalue weighted by molar-refractivity contribution is 4.55. The van der Waals surface area contributed by atoms with Crippen LogP contribution in [-0.2, 0) is 9.78 Å². The molecule has 0 amide bonds. The van der Waals surface area contributed by atoms with E-state index in [-0.39, 0.29) is 0 Å². The molecule has 0 fully saturated rings. The van der Waals surface area contributed by atoms with Gasteiger partial charge in [-0.05, 0) is 18.3 Å². The van der Waals surface area contributed by atoms with Crippen molar-refractivity contribution in [3.05, 3.63) is 0 Å². The molecule has 0 spiro atoms. The molecule has 0 aromatic rings. The second-order valence-corrected chi connectivity index (χ2v) is 3.00. The van der Waals surface area contributed by atoms with Crippen molar-refractivity contribution < 1.29 is 9.78 Å². The van der Waals surface area contributed by atoms with Crippen LogP contribution in [0.25, 0.3) is 0 Å². The summed E-state index contributed by atoms with van der Waals surface area (Å²) < 4.78 is 0. The average Bonchev–Trinajstić information content (AvgIpc) is 1.88. The Balaban J connectivity index is 3.13. The van der Waals surface area contributed by atoms with Gasteiger partial charge >= 0.3 is 0 Å². The summed E-state index contributed by atoms with van der Waals surface area (Å²) in [7, 11) is 1.54. The molecular formula is C8H18O2. The lowest BCUT2D eigenvalue weighted by molar-refractivity contribution is -0.274. The standard InChI is InChI=1S/C8H18O2/c1-7(2)8(3)5-6-10-9-4/h7-8H,5-6H2,1-4H3. The van der Waals surface area contributed by atoms with E-state index < -0.39 is 0 Å². The third-order valence-electron chi connectivity index (χ3n) is 1.91. The van der Waals surface area contributed by atoms with Gasteiger partial charge in [-0.3, -0.25) is 0 Å². The van der Waals surface area contributed by atoms with Crippen molar-refractivity contribution in [1.82, 2.24) is 0 Å². The zero-order chi connectivity index (χ0) is 7.98. The first-order valence-electron chi connectivity index (χ1n) is 3.84. The lowest BCUT2D eigenvalue weighted by Gasteiger charge is -2.13. The normalized spacial score (nSPS) is 14.1. The van der Waals surface area contributed by atoms with Crippen LogP contribution in [0, 0.1) is 11.8 Å². The van der Waals surface area contributed by atoms with E-state index in [0.717, 1.165) is 18.3 Å². The average molecular weight is 146 g/mol. The molecule has 0 radical (unpaired) electrons. The molecule has 0 aromatic carbocycles. The minimum Gasteiger partial charge on any atom is -0.240 e. The van der Waals surface area contributed by atoms with Crippen LogP contribution in [0.5, 0.6) is 0 Å². The second-order valence-electron chi connectivity index (χ2n) is 3.00. The monoisotopic (exact) mass is 146 g/mol. The fraction of sp³-hybridized carbons (Fsp3) is 1.00. The third-order valence-corrected chi connectivity index (χ3v) is 1.91. The van der Waals surface area contributed by atoms with Crippen molar-refractivity contribution >= 4 is 0 Å². The van der Waals surface area contributed by atoms with Gasteiger partial charge in [-0.15, -0.1) is 0 Å². The van der Waals surface area contributed by atoms with E-state index in [1.807, 2.05) is 0 Å². The summed E-state index contributed by atoms with van der Waals surface area (Å²) in [4.78, 5) is 9.23. The molecular weight excluding hydrogens is 128 g/mol. The summed E-state index contributed by atoms with van der Waals surface area (Å²) in [6, 6.07) is 0. The Labute approximate surface area is 63.5 Å². The molecule has 0 heterocycles. The van der Waals surface area contributed by atoms with E-state index in [2.05, 4.69) is 25.7 Å². The maximum absolute atomic E-state index is 4.75. The van der Waals surface area contributed by atoms with E-state index in [1.165, 1.54) is 0 Å². The van der Waals surface area contributed by atoms with Crippen LogP contribution in [0.2, 0.25) is 0 Å². The molecule has 1 atom stereocenters. The third kappa shape index (κ3) is 4.77. The van der Waals surface area contributed by atoms with Gasteiger partial charge in [-0.2, -0.15) is 0 Å². The maximum atomic E-state index is 4.75. The van der Waals surface area contributed by atoms with Crippen LogP contribution in [0.4, 0.5) is 0 Å².